The number of amides is 2. The minimum atomic E-state index is -0.568. The maximum Gasteiger partial charge on any atom is 0.341 e. The third-order valence-corrected chi connectivity index (χ3v) is 6.58. The van der Waals surface area contributed by atoms with Crippen LogP contribution in [0.15, 0.2) is 66.9 Å². The number of esters is 1. The van der Waals surface area contributed by atoms with Gasteiger partial charge in [0.2, 0.25) is 5.91 Å². The Morgan fingerprint density at radius 1 is 0.971 bits per heavy atom. The van der Waals surface area contributed by atoms with Crippen molar-refractivity contribution in [1.82, 2.24) is 4.57 Å². The number of rotatable bonds is 8. The highest BCUT2D eigenvalue weighted by atomic mass is 32.1. The molecule has 0 atom stereocenters. The molecule has 0 aliphatic carbocycles. The molecule has 0 bridgehead atoms. The molecule has 0 aliphatic heterocycles. The Balaban J connectivity index is 1.53. The maximum atomic E-state index is 12.9. The molecule has 8 heteroatoms. The fourth-order valence-corrected chi connectivity index (χ4v) is 4.83. The van der Waals surface area contributed by atoms with Gasteiger partial charge in [0.1, 0.15) is 5.00 Å². The lowest BCUT2D eigenvalue weighted by molar-refractivity contribution is -0.116. The highest BCUT2D eigenvalue weighted by Crippen LogP contribution is 2.34. The van der Waals surface area contributed by atoms with E-state index < -0.39 is 5.97 Å². The second kappa shape index (κ2) is 10.4. The average Bonchev–Trinajstić information content (AvgIpc) is 3.39. The third kappa shape index (κ3) is 5.02. The lowest BCUT2D eigenvalue weighted by Crippen LogP contribution is -2.16. The van der Waals surface area contributed by atoms with Crippen LogP contribution in [0.5, 0.6) is 0 Å². The van der Waals surface area contributed by atoms with E-state index in [1.807, 2.05) is 59.3 Å². The maximum absolute atomic E-state index is 12.9. The number of aryl methyl sites for hydroxylation is 1. The number of carbonyl (C=O) groups excluding carboxylic acids is 3. The van der Waals surface area contributed by atoms with Crippen molar-refractivity contribution in [1.29, 1.82) is 0 Å². The number of ether oxygens (including phenoxy) is 1. The SMILES string of the molecule is CCOC(=O)c1c(NC(=O)CCn2ccc3ccccc32)sc(C(=O)Nc2ccccc2)c1C. The molecule has 4 rings (SSSR count). The van der Waals surface area contributed by atoms with Gasteiger partial charge >= 0.3 is 5.97 Å². The Hall–Kier alpha value is -3.91. The number of nitrogens with zero attached hydrogens (tertiary/aromatic N) is 1. The monoisotopic (exact) mass is 475 g/mol. The van der Waals surface area contributed by atoms with E-state index in [-0.39, 0.29) is 30.4 Å². The summed E-state index contributed by atoms with van der Waals surface area (Å²) in [7, 11) is 0. The number of thiophene rings is 1. The van der Waals surface area contributed by atoms with Crippen LogP contribution in [0.25, 0.3) is 10.9 Å². The van der Waals surface area contributed by atoms with Gasteiger partial charge in [-0.2, -0.15) is 0 Å². The second-order valence-electron chi connectivity index (χ2n) is 7.67. The minimum absolute atomic E-state index is 0.188. The first kappa shape index (κ1) is 23.3. The number of fused-ring (bicyclic) bond motifs is 1. The summed E-state index contributed by atoms with van der Waals surface area (Å²) in [5.74, 6) is -1.17. The third-order valence-electron chi connectivity index (χ3n) is 5.38. The molecule has 2 N–H and O–H groups in total. The molecule has 2 heterocycles. The molecule has 174 valence electrons. The highest BCUT2D eigenvalue weighted by molar-refractivity contribution is 7.18. The number of hydrogen-bond donors (Lipinski definition) is 2. The topological polar surface area (TPSA) is 89.4 Å². The van der Waals surface area contributed by atoms with Gasteiger partial charge in [0.15, 0.2) is 0 Å². The number of carbonyl (C=O) groups is 3. The summed E-state index contributed by atoms with van der Waals surface area (Å²) in [5.41, 5.74) is 2.38. The first-order chi connectivity index (χ1) is 16.5. The lowest BCUT2D eigenvalue weighted by Gasteiger charge is -2.08. The van der Waals surface area contributed by atoms with Gasteiger partial charge in [0, 0.05) is 30.4 Å². The van der Waals surface area contributed by atoms with Gasteiger partial charge in [-0.25, -0.2) is 4.79 Å². The van der Waals surface area contributed by atoms with Crippen molar-refractivity contribution < 1.29 is 19.1 Å². The van der Waals surface area contributed by atoms with E-state index in [0.29, 0.717) is 27.7 Å². The standard InChI is InChI=1S/C26H25N3O4S/c1-3-33-26(32)22-17(2)23(24(31)27-19-10-5-4-6-11-19)34-25(22)28-21(30)14-16-29-15-13-18-9-7-8-12-20(18)29/h4-13,15H,3,14,16H2,1-2H3,(H,27,31)(H,28,30). The molecule has 0 saturated carbocycles. The van der Waals surface area contributed by atoms with E-state index >= 15 is 0 Å². The van der Waals surface area contributed by atoms with Crippen molar-refractivity contribution in [3.63, 3.8) is 0 Å². The van der Waals surface area contributed by atoms with E-state index in [1.54, 1.807) is 26.0 Å². The molecule has 0 saturated heterocycles. The number of hydrogen-bond acceptors (Lipinski definition) is 5. The van der Waals surface area contributed by atoms with Crippen molar-refractivity contribution in [2.45, 2.75) is 26.8 Å². The van der Waals surface area contributed by atoms with Gasteiger partial charge in [0.25, 0.3) is 5.91 Å². The van der Waals surface area contributed by atoms with E-state index in [0.717, 1.165) is 22.2 Å². The van der Waals surface area contributed by atoms with Crippen LogP contribution in [-0.2, 0) is 16.1 Å². The quantitative estimate of drug-likeness (QED) is 0.331. The van der Waals surface area contributed by atoms with E-state index in [4.69, 9.17) is 4.74 Å². The highest BCUT2D eigenvalue weighted by Gasteiger charge is 2.26. The van der Waals surface area contributed by atoms with Crippen molar-refractivity contribution in [3.05, 3.63) is 82.9 Å². The van der Waals surface area contributed by atoms with Gasteiger partial charge in [-0.15, -0.1) is 11.3 Å². The van der Waals surface area contributed by atoms with E-state index in [9.17, 15) is 14.4 Å². The Kier molecular flexibility index (Phi) is 7.08. The van der Waals surface area contributed by atoms with Crippen LogP contribution >= 0.6 is 11.3 Å². The van der Waals surface area contributed by atoms with Gasteiger partial charge in [-0.1, -0.05) is 36.4 Å². The molecule has 0 fully saturated rings. The smallest absolute Gasteiger partial charge is 0.341 e. The summed E-state index contributed by atoms with van der Waals surface area (Å²) in [5, 5.41) is 7.08. The van der Waals surface area contributed by atoms with Crippen LogP contribution in [0.3, 0.4) is 0 Å². The molecule has 0 radical (unpaired) electrons. The molecule has 2 aromatic heterocycles. The normalized spacial score (nSPS) is 10.8. The first-order valence-electron chi connectivity index (χ1n) is 11.0. The molecule has 7 nitrogen and oxygen atoms in total. The molecule has 4 aromatic rings. The van der Waals surface area contributed by atoms with Gasteiger partial charge < -0.3 is 19.9 Å². The van der Waals surface area contributed by atoms with Crippen LogP contribution in [0.2, 0.25) is 0 Å². The lowest BCUT2D eigenvalue weighted by atomic mass is 10.1. The van der Waals surface area contributed by atoms with Gasteiger partial charge in [-0.3, -0.25) is 9.59 Å². The van der Waals surface area contributed by atoms with Gasteiger partial charge in [-0.05, 0) is 49.1 Å². The predicted octanol–water partition coefficient (Wildman–Crippen LogP) is 5.47. The minimum Gasteiger partial charge on any atom is -0.462 e. The summed E-state index contributed by atoms with van der Waals surface area (Å²) in [6, 6.07) is 19.0. The number of benzene rings is 2. The summed E-state index contributed by atoms with van der Waals surface area (Å²) in [4.78, 5) is 38.7. The molecule has 34 heavy (non-hydrogen) atoms. The predicted molar refractivity (Wildman–Crippen MR) is 135 cm³/mol. The Labute approximate surface area is 201 Å². The van der Waals surface area contributed by atoms with Crippen molar-refractivity contribution in [2.75, 3.05) is 17.2 Å². The molecule has 0 spiro atoms. The van der Waals surface area contributed by atoms with Crippen LogP contribution in [0.4, 0.5) is 10.7 Å². The molecular formula is C26H25N3O4S. The second-order valence-corrected chi connectivity index (χ2v) is 8.69. The summed E-state index contributed by atoms with van der Waals surface area (Å²) < 4.78 is 7.20. The Morgan fingerprint density at radius 3 is 2.47 bits per heavy atom. The fourth-order valence-electron chi connectivity index (χ4n) is 3.72. The average molecular weight is 476 g/mol. The van der Waals surface area contributed by atoms with Crippen molar-refractivity contribution in [3.8, 4) is 0 Å². The summed E-state index contributed by atoms with van der Waals surface area (Å²) >= 11 is 1.07. The Bertz CT molecular complexity index is 1340. The number of anilines is 2. The van der Waals surface area contributed by atoms with Crippen LogP contribution in [0.1, 0.15) is 38.9 Å². The molecular weight excluding hydrogens is 450 g/mol. The fraction of sp³-hybridized carbons (Fsp3) is 0.192. The summed E-state index contributed by atoms with van der Waals surface area (Å²) in [6.07, 6.45) is 2.16. The van der Waals surface area contributed by atoms with Gasteiger partial charge in [0.05, 0.1) is 17.0 Å². The number of para-hydroxylation sites is 2. The molecule has 2 amide bonds. The summed E-state index contributed by atoms with van der Waals surface area (Å²) in [6.45, 7) is 4.07. The van der Waals surface area contributed by atoms with Crippen LogP contribution < -0.4 is 10.6 Å². The molecule has 0 unspecified atom stereocenters. The Morgan fingerprint density at radius 2 is 1.71 bits per heavy atom. The van der Waals surface area contributed by atoms with Crippen molar-refractivity contribution >= 4 is 50.7 Å². The van der Waals surface area contributed by atoms with Crippen LogP contribution in [-0.4, -0.2) is 29.0 Å². The molecule has 0 aliphatic rings. The zero-order valence-electron chi connectivity index (χ0n) is 19.0. The first-order valence-corrected chi connectivity index (χ1v) is 11.8. The van der Waals surface area contributed by atoms with Crippen LogP contribution in [0, 0.1) is 6.92 Å². The zero-order valence-corrected chi connectivity index (χ0v) is 19.8. The zero-order chi connectivity index (χ0) is 24.1. The molecule has 2 aromatic carbocycles. The number of nitrogens with one attached hydrogen (secondary N) is 2. The van der Waals surface area contributed by atoms with E-state index in [2.05, 4.69) is 10.6 Å². The van der Waals surface area contributed by atoms with E-state index in [1.165, 1.54) is 0 Å². The number of aromatic nitrogens is 1. The van der Waals surface area contributed by atoms with Crippen molar-refractivity contribution in [2.24, 2.45) is 0 Å². The largest absolute Gasteiger partial charge is 0.462 e.